The van der Waals surface area contributed by atoms with Gasteiger partial charge in [0.1, 0.15) is 6.04 Å². The van der Waals surface area contributed by atoms with E-state index in [0.717, 1.165) is 6.42 Å². The number of carbonyl (C=O) groups is 1. The third-order valence-electron chi connectivity index (χ3n) is 3.41. The monoisotopic (exact) mass is 219 g/mol. The average Bonchev–Trinajstić information content (AvgIpc) is 2.28. The van der Waals surface area contributed by atoms with Gasteiger partial charge in [-0.15, -0.1) is 0 Å². The number of carboxylic acids is 1. The smallest absolute Gasteiger partial charge is 0.325 e. The molecule has 0 saturated carbocycles. The minimum atomic E-state index is -0.969. The molecule has 3 N–H and O–H groups in total. The Morgan fingerprint density at radius 3 is 3.00 bits per heavy atom. The highest BCUT2D eigenvalue weighted by molar-refractivity contribution is 5.75. The number of carboxylic acid groups (broad SMARTS) is 1. The second kappa shape index (κ2) is 4.26. The van der Waals surface area contributed by atoms with Gasteiger partial charge in [-0.1, -0.05) is 25.1 Å². The molecule has 86 valence electrons. The van der Waals surface area contributed by atoms with E-state index in [1.54, 1.807) is 0 Å². The Hall–Kier alpha value is -1.35. The van der Waals surface area contributed by atoms with Crippen LogP contribution >= 0.6 is 0 Å². The zero-order valence-electron chi connectivity index (χ0n) is 9.44. The summed E-state index contributed by atoms with van der Waals surface area (Å²) in [5.74, 6) is -0.451. The molecule has 3 heteroatoms. The van der Waals surface area contributed by atoms with Gasteiger partial charge < -0.3 is 10.8 Å². The molecule has 0 aliphatic heterocycles. The van der Waals surface area contributed by atoms with Crippen LogP contribution in [0.3, 0.4) is 0 Å². The molecule has 1 aromatic rings. The van der Waals surface area contributed by atoms with E-state index in [9.17, 15) is 4.79 Å². The maximum atomic E-state index is 10.8. The maximum absolute atomic E-state index is 10.8. The molecule has 0 fully saturated rings. The van der Waals surface area contributed by atoms with Crippen molar-refractivity contribution in [3.63, 3.8) is 0 Å². The van der Waals surface area contributed by atoms with Crippen LogP contribution in [-0.2, 0) is 11.2 Å². The summed E-state index contributed by atoms with van der Waals surface area (Å²) in [5, 5.41) is 8.88. The van der Waals surface area contributed by atoms with Crippen LogP contribution in [0.2, 0.25) is 0 Å². The highest BCUT2D eigenvalue weighted by Gasteiger charge is 2.20. The number of rotatable bonds is 2. The topological polar surface area (TPSA) is 63.3 Å². The molecule has 0 amide bonds. The van der Waals surface area contributed by atoms with Crippen LogP contribution in [0.5, 0.6) is 0 Å². The Balaban J connectivity index is 2.37. The summed E-state index contributed by atoms with van der Waals surface area (Å²) in [7, 11) is 0. The van der Waals surface area contributed by atoms with Crippen LogP contribution < -0.4 is 5.73 Å². The van der Waals surface area contributed by atoms with Gasteiger partial charge in [0.2, 0.25) is 0 Å². The van der Waals surface area contributed by atoms with Crippen LogP contribution in [0.1, 0.15) is 48.4 Å². The SMILES string of the molecule is CC1CCCc2ccc(C(N)C(=O)O)cc21. The van der Waals surface area contributed by atoms with Crippen LogP contribution in [0.4, 0.5) is 0 Å². The summed E-state index contributed by atoms with van der Waals surface area (Å²) in [4.78, 5) is 10.8. The summed E-state index contributed by atoms with van der Waals surface area (Å²) < 4.78 is 0. The van der Waals surface area contributed by atoms with E-state index >= 15 is 0 Å². The summed E-state index contributed by atoms with van der Waals surface area (Å²) >= 11 is 0. The van der Waals surface area contributed by atoms with E-state index < -0.39 is 12.0 Å². The predicted molar refractivity (Wildman–Crippen MR) is 62.4 cm³/mol. The molecule has 2 atom stereocenters. The molecule has 0 radical (unpaired) electrons. The number of benzene rings is 1. The molecule has 3 nitrogen and oxygen atoms in total. The van der Waals surface area contributed by atoms with Gasteiger partial charge in [0.05, 0.1) is 0 Å². The van der Waals surface area contributed by atoms with Crippen molar-refractivity contribution in [3.05, 3.63) is 34.9 Å². The molecule has 1 aromatic carbocycles. The predicted octanol–water partition coefficient (Wildman–Crippen LogP) is 2.21. The Kier molecular flexibility index (Phi) is 2.97. The minimum absolute atomic E-state index is 0.518. The molecule has 0 saturated heterocycles. The first-order valence-corrected chi connectivity index (χ1v) is 5.70. The van der Waals surface area contributed by atoms with Gasteiger partial charge in [0.25, 0.3) is 0 Å². The highest BCUT2D eigenvalue weighted by atomic mass is 16.4. The molecule has 0 aromatic heterocycles. The lowest BCUT2D eigenvalue weighted by molar-refractivity contribution is -0.138. The number of hydrogen-bond donors (Lipinski definition) is 2. The summed E-state index contributed by atoms with van der Waals surface area (Å²) in [6, 6.07) is 4.94. The van der Waals surface area contributed by atoms with E-state index in [4.69, 9.17) is 10.8 Å². The van der Waals surface area contributed by atoms with Crippen LogP contribution in [-0.4, -0.2) is 11.1 Å². The van der Waals surface area contributed by atoms with E-state index in [1.165, 1.54) is 24.0 Å². The van der Waals surface area contributed by atoms with E-state index in [2.05, 4.69) is 6.92 Å². The molecular formula is C13H17NO2. The zero-order chi connectivity index (χ0) is 11.7. The molecule has 1 aliphatic rings. The van der Waals surface area contributed by atoms with Crippen molar-refractivity contribution in [2.24, 2.45) is 5.73 Å². The standard InChI is InChI=1S/C13H17NO2/c1-8-3-2-4-9-5-6-10(7-11(8)9)12(14)13(15)16/h5-8,12H,2-4,14H2,1H3,(H,15,16). The fourth-order valence-electron chi connectivity index (χ4n) is 2.39. The second-order valence-corrected chi connectivity index (χ2v) is 4.57. The van der Waals surface area contributed by atoms with Crippen molar-refractivity contribution in [1.29, 1.82) is 0 Å². The Morgan fingerprint density at radius 2 is 2.31 bits per heavy atom. The van der Waals surface area contributed by atoms with Gasteiger partial charge >= 0.3 is 5.97 Å². The second-order valence-electron chi connectivity index (χ2n) is 4.57. The average molecular weight is 219 g/mol. The van der Waals surface area contributed by atoms with Crippen molar-refractivity contribution < 1.29 is 9.90 Å². The number of fused-ring (bicyclic) bond motifs is 1. The molecular weight excluding hydrogens is 202 g/mol. The number of hydrogen-bond acceptors (Lipinski definition) is 2. The maximum Gasteiger partial charge on any atom is 0.325 e. The van der Waals surface area contributed by atoms with Crippen LogP contribution in [0.25, 0.3) is 0 Å². The lowest BCUT2D eigenvalue weighted by atomic mass is 9.82. The van der Waals surface area contributed by atoms with Gasteiger partial charge in [-0.25, -0.2) is 0 Å². The van der Waals surface area contributed by atoms with Crippen molar-refractivity contribution in [1.82, 2.24) is 0 Å². The van der Waals surface area contributed by atoms with Gasteiger partial charge in [-0.05, 0) is 41.9 Å². The first-order chi connectivity index (χ1) is 7.59. The Bertz CT molecular complexity index is 414. The minimum Gasteiger partial charge on any atom is -0.480 e. The molecule has 16 heavy (non-hydrogen) atoms. The van der Waals surface area contributed by atoms with E-state index in [0.29, 0.717) is 11.5 Å². The number of aliphatic carboxylic acids is 1. The first kappa shape index (κ1) is 11.1. The Morgan fingerprint density at radius 1 is 1.56 bits per heavy atom. The lowest BCUT2D eigenvalue weighted by Crippen LogP contribution is -2.21. The van der Waals surface area contributed by atoms with Gasteiger partial charge in [-0.3, -0.25) is 4.79 Å². The molecule has 2 rings (SSSR count). The summed E-state index contributed by atoms with van der Waals surface area (Å²) in [6.07, 6.45) is 3.50. The normalized spacial score (nSPS) is 21.2. The largest absolute Gasteiger partial charge is 0.480 e. The molecule has 1 aliphatic carbocycles. The fraction of sp³-hybridized carbons (Fsp3) is 0.462. The van der Waals surface area contributed by atoms with Crippen molar-refractivity contribution in [3.8, 4) is 0 Å². The summed E-state index contributed by atoms with van der Waals surface area (Å²) in [5.41, 5.74) is 8.95. The van der Waals surface area contributed by atoms with Crippen molar-refractivity contribution >= 4 is 5.97 Å². The number of aryl methyl sites for hydroxylation is 1. The molecule has 2 unspecified atom stereocenters. The van der Waals surface area contributed by atoms with E-state index in [1.807, 2.05) is 18.2 Å². The first-order valence-electron chi connectivity index (χ1n) is 5.70. The van der Waals surface area contributed by atoms with Gasteiger partial charge in [0.15, 0.2) is 0 Å². The van der Waals surface area contributed by atoms with E-state index in [-0.39, 0.29) is 0 Å². The highest BCUT2D eigenvalue weighted by Crippen LogP contribution is 2.32. The van der Waals surface area contributed by atoms with Crippen molar-refractivity contribution in [2.75, 3.05) is 0 Å². The third kappa shape index (κ3) is 1.95. The molecule has 0 bridgehead atoms. The van der Waals surface area contributed by atoms with Gasteiger partial charge in [-0.2, -0.15) is 0 Å². The van der Waals surface area contributed by atoms with Crippen molar-refractivity contribution in [2.45, 2.75) is 38.1 Å². The van der Waals surface area contributed by atoms with Crippen LogP contribution in [0, 0.1) is 0 Å². The summed E-state index contributed by atoms with van der Waals surface area (Å²) in [6.45, 7) is 2.19. The van der Waals surface area contributed by atoms with Crippen LogP contribution in [0.15, 0.2) is 18.2 Å². The molecule has 0 spiro atoms. The van der Waals surface area contributed by atoms with Gasteiger partial charge in [0, 0.05) is 0 Å². The fourth-order valence-corrected chi connectivity index (χ4v) is 2.39. The molecule has 0 heterocycles. The lowest BCUT2D eigenvalue weighted by Gasteiger charge is -2.23. The number of nitrogens with two attached hydrogens (primary N) is 1. The Labute approximate surface area is 95.3 Å². The third-order valence-corrected chi connectivity index (χ3v) is 3.41. The quantitative estimate of drug-likeness (QED) is 0.801. The zero-order valence-corrected chi connectivity index (χ0v) is 9.44.